The number of fused-ring (bicyclic) bond motifs is 1. The van der Waals surface area contributed by atoms with Crippen LogP contribution < -0.4 is 5.73 Å². The van der Waals surface area contributed by atoms with Crippen LogP contribution in [0.15, 0.2) is 18.2 Å². The smallest absolute Gasteiger partial charge is 0.344 e. The molecule has 0 bridgehead atoms. The van der Waals surface area contributed by atoms with E-state index in [4.69, 9.17) is 38.4 Å². The Balaban J connectivity index is 1.95. The summed E-state index contributed by atoms with van der Waals surface area (Å²) in [7, 11) is -4.05. The van der Waals surface area contributed by atoms with Gasteiger partial charge in [-0.2, -0.15) is 0 Å². The monoisotopic (exact) mass is 481 g/mol. The van der Waals surface area contributed by atoms with Crippen LogP contribution in [0.4, 0.5) is 4.39 Å². The molecule has 1 aromatic carbocycles. The van der Waals surface area contributed by atoms with Crippen LogP contribution in [0, 0.1) is 11.8 Å². The molecule has 30 heavy (non-hydrogen) atoms. The minimum atomic E-state index is -4.05. The number of rotatable bonds is 7. The van der Waals surface area contributed by atoms with Crippen LogP contribution >= 0.6 is 23.2 Å². The Labute approximate surface area is 183 Å². The van der Waals surface area contributed by atoms with Crippen molar-refractivity contribution < 1.29 is 31.9 Å². The standard InChI is InChI=1S/C19H22Cl2FNO6S/c1-3-28-16(24)18(22)11-8-14(19(23,15(11)18)17(25)29-4-2)30(26,27)9-10-5-6-12(20)13(21)7-10/h5-7,11,14-15H,3-4,8-9,23H2,1-2H3/t11-,14-,15+,18-,19+/m1/s1. The summed E-state index contributed by atoms with van der Waals surface area (Å²) in [6.45, 7) is 2.91. The Morgan fingerprint density at radius 1 is 1.17 bits per heavy atom. The lowest BCUT2D eigenvalue weighted by atomic mass is 9.90. The predicted octanol–water partition coefficient (Wildman–Crippen LogP) is 2.46. The summed E-state index contributed by atoms with van der Waals surface area (Å²) in [6.07, 6.45) is -0.293. The van der Waals surface area contributed by atoms with Gasteiger partial charge in [-0.3, -0.25) is 0 Å². The molecule has 7 nitrogen and oxygen atoms in total. The Morgan fingerprint density at radius 3 is 2.33 bits per heavy atom. The average molecular weight is 482 g/mol. The van der Waals surface area contributed by atoms with Crippen LogP contribution in [-0.2, 0) is 34.7 Å². The second kappa shape index (κ2) is 7.93. The van der Waals surface area contributed by atoms with Crippen molar-refractivity contribution >= 4 is 45.0 Å². The molecule has 3 rings (SSSR count). The molecule has 0 amide bonds. The van der Waals surface area contributed by atoms with Crippen molar-refractivity contribution in [2.45, 2.75) is 42.5 Å². The van der Waals surface area contributed by atoms with Crippen LogP contribution in [0.5, 0.6) is 0 Å². The van der Waals surface area contributed by atoms with E-state index in [1.54, 1.807) is 0 Å². The molecular formula is C19H22Cl2FNO6S. The lowest BCUT2D eigenvalue weighted by Crippen LogP contribution is -2.62. The number of halogens is 3. The fourth-order valence-electron chi connectivity index (χ4n) is 4.48. The molecule has 2 aliphatic rings. The molecule has 5 atom stereocenters. The van der Waals surface area contributed by atoms with E-state index >= 15 is 4.39 Å². The molecule has 166 valence electrons. The number of benzene rings is 1. The third-order valence-corrected chi connectivity index (χ3v) is 8.73. The van der Waals surface area contributed by atoms with E-state index in [1.807, 2.05) is 0 Å². The minimum Gasteiger partial charge on any atom is -0.465 e. The molecular weight excluding hydrogens is 460 g/mol. The van der Waals surface area contributed by atoms with Crippen LogP contribution in [0.1, 0.15) is 25.8 Å². The molecule has 0 heterocycles. The molecule has 2 N–H and O–H groups in total. The third kappa shape index (κ3) is 3.49. The van der Waals surface area contributed by atoms with Crippen molar-refractivity contribution in [1.29, 1.82) is 0 Å². The Morgan fingerprint density at radius 2 is 1.77 bits per heavy atom. The van der Waals surface area contributed by atoms with Gasteiger partial charge in [-0.25, -0.2) is 22.4 Å². The van der Waals surface area contributed by atoms with Gasteiger partial charge in [0.1, 0.15) is 5.54 Å². The van der Waals surface area contributed by atoms with Crippen LogP contribution in [0.25, 0.3) is 0 Å². The third-order valence-electron chi connectivity index (χ3n) is 5.80. The van der Waals surface area contributed by atoms with Gasteiger partial charge in [-0.05, 0) is 38.0 Å². The first-order valence-electron chi connectivity index (χ1n) is 9.42. The quantitative estimate of drug-likeness (QED) is 0.594. The largest absolute Gasteiger partial charge is 0.465 e. The van der Waals surface area contributed by atoms with Gasteiger partial charge in [0.25, 0.3) is 0 Å². The second-order valence-electron chi connectivity index (χ2n) is 7.51. The van der Waals surface area contributed by atoms with Crippen LogP contribution in [0.3, 0.4) is 0 Å². The average Bonchev–Trinajstić information content (AvgIpc) is 3.12. The van der Waals surface area contributed by atoms with Gasteiger partial charge in [0.15, 0.2) is 9.84 Å². The molecule has 2 saturated carbocycles. The van der Waals surface area contributed by atoms with Crippen molar-refractivity contribution in [2.75, 3.05) is 13.2 Å². The Hall–Kier alpha value is -1.42. The summed E-state index contributed by atoms with van der Waals surface area (Å²) >= 11 is 11.8. The van der Waals surface area contributed by atoms with Crippen molar-refractivity contribution in [3.05, 3.63) is 33.8 Å². The van der Waals surface area contributed by atoms with Crippen LogP contribution in [-0.4, -0.2) is 50.0 Å². The van der Waals surface area contributed by atoms with E-state index in [-0.39, 0.29) is 29.7 Å². The highest BCUT2D eigenvalue weighted by atomic mass is 35.5. The maximum Gasteiger partial charge on any atom is 0.344 e. The van der Waals surface area contributed by atoms with Crippen molar-refractivity contribution in [3.63, 3.8) is 0 Å². The summed E-state index contributed by atoms with van der Waals surface area (Å²) < 4.78 is 51.5. The minimum absolute atomic E-state index is 0.0556. The van der Waals surface area contributed by atoms with Gasteiger partial charge in [-0.15, -0.1) is 0 Å². The summed E-state index contributed by atoms with van der Waals surface area (Å²) in [5.41, 5.74) is 1.90. The molecule has 2 aliphatic carbocycles. The van der Waals surface area contributed by atoms with Crippen molar-refractivity contribution in [2.24, 2.45) is 17.6 Å². The zero-order valence-corrected chi connectivity index (χ0v) is 18.7. The maximum atomic E-state index is 15.4. The summed E-state index contributed by atoms with van der Waals surface area (Å²) in [5, 5.41) is -0.990. The first-order chi connectivity index (χ1) is 13.9. The lowest BCUT2D eigenvalue weighted by molar-refractivity contribution is -0.156. The fraction of sp³-hybridized carbons (Fsp3) is 0.579. The van der Waals surface area contributed by atoms with Gasteiger partial charge in [0.2, 0.25) is 5.67 Å². The molecule has 0 radical (unpaired) electrons. The van der Waals surface area contributed by atoms with Gasteiger partial charge in [-0.1, -0.05) is 29.3 Å². The number of sulfone groups is 1. The molecule has 0 aliphatic heterocycles. The second-order valence-corrected chi connectivity index (χ2v) is 10.5. The number of hydrogen-bond donors (Lipinski definition) is 1. The molecule has 11 heteroatoms. The number of carbonyl (C=O) groups excluding carboxylic acids is 2. The summed E-state index contributed by atoms with van der Waals surface area (Å²) in [4.78, 5) is 24.9. The number of esters is 2. The SMILES string of the molecule is CCOC(=O)[C@@]1(N)[C@H]2[C@@H](C[C@H]1S(=O)(=O)Cc1ccc(Cl)c(Cl)c1)[C@]2(F)C(=O)OCC. The molecule has 0 spiro atoms. The zero-order chi connectivity index (χ0) is 22.5. The van der Waals surface area contributed by atoms with Crippen molar-refractivity contribution in [1.82, 2.24) is 0 Å². The summed E-state index contributed by atoms with van der Waals surface area (Å²) in [6, 6.07) is 4.34. The maximum absolute atomic E-state index is 15.4. The molecule has 0 saturated heterocycles. The van der Waals surface area contributed by atoms with Gasteiger partial charge in [0.05, 0.1) is 34.3 Å². The number of nitrogens with two attached hydrogens (primary N) is 1. The number of carbonyl (C=O) groups is 2. The molecule has 1 aromatic rings. The first-order valence-corrected chi connectivity index (χ1v) is 11.9. The van der Waals surface area contributed by atoms with Crippen LogP contribution in [0.2, 0.25) is 10.0 Å². The van der Waals surface area contributed by atoms with Gasteiger partial charge >= 0.3 is 11.9 Å². The molecule has 0 unspecified atom stereocenters. The van der Waals surface area contributed by atoms with E-state index in [0.29, 0.717) is 5.56 Å². The first kappa shape index (κ1) is 23.2. The Kier molecular flexibility index (Phi) is 6.14. The van der Waals surface area contributed by atoms with Crippen molar-refractivity contribution in [3.8, 4) is 0 Å². The van der Waals surface area contributed by atoms with E-state index in [1.165, 1.54) is 32.0 Å². The fourth-order valence-corrected chi connectivity index (χ4v) is 6.98. The molecule has 2 fully saturated rings. The van der Waals surface area contributed by atoms with E-state index in [0.717, 1.165) is 0 Å². The zero-order valence-electron chi connectivity index (χ0n) is 16.4. The highest BCUT2D eigenvalue weighted by Gasteiger charge is 2.86. The topological polar surface area (TPSA) is 113 Å². The predicted molar refractivity (Wildman–Crippen MR) is 108 cm³/mol. The van der Waals surface area contributed by atoms with Gasteiger partial charge in [0, 0.05) is 11.8 Å². The van der Waals surface area contributed by atoms with E-state index < -0.39 is 55.8 Å². The highest BCUT2D eigenvalue weighted by molar-refractivity contribution is 7.91. The number of alkyl halides is 1. The van der Waals surface area contributed by atoms with E-state index in [2.05, 4.69) is 0 Å². The number of ether oxygens (including phenoxy) is 2. The molecule has 0 aromatic heterocycles. The lowest BCUT2D eigenvalue weighted by Gasteiger charge is -2.33. The Bertz CT molecular complexity index is 989. The van der Waals surface area contributed by atoms with Gasteiger partial charge < -0.3 is 15.2 Å². The number of hydrogen-bond acceptors (Lipinski definition) is 7. The van der Waals surface area contributed by atoms with E-state index in [9.17, 15) is 18.0 Å². The normalized spacial score (nSPS) is 32.4. The summed E-state index contributed by atoms with van der Waals surface area (Å²) in [5.74, 6) is -5.05. The highest BCUT2D eigenvalue weighted by Crippen LogP contribution is 2.68.